The molecule has 1 aliphatic heterocycles. The summed E-state index contributed by atoms with van der Waals surface area (Å²) in [7, 11) is 0. The van der Waals surface area contributed by atoms with E-state index < -0.39 is 0 Å². The van der Waals surface area contributed by atoms with Crippen LogP contribution in [0.25, 0.3) is 0 Å². The van der Waals surface area contributed by atoms with E-state index in [4.69, 9.17) is 0 Å². The molecular weight excluding hydrogens is 188 g/mol. The van der Waals surface area contributed by atoms with Crippen LogP contribution in [0, 0.1) is 0 Å². The molecule has 1 aromatic rings. The van der Waals surface area contributed by atoms with Gasteiger partial charge in [-0.1, -0.05) is 0 Å². The van der Waals surface area contributed by atoms with Gasteiger partial charge in [-0.2, -0.15) is 5.10 Å². The number of aromatic nitrogens is 2. The van der Waals surface area contributed by atoms with Gasteiger partial charge in [0, 0.05) is 50.5 Å². The van der Waals surface area contributed by atoms with Gasteiger partial charge in [0.2, 0.25) is 0 Å². The molecule has 0 aromatic carbocycles. The van der Waals surface area contributed by atoms with Gasteiger partial charge in [0.25, 0.3) is 0 Å². The van der Waals surface area contributed by atoms with Gasteiger partial charge in [-0.3, -0.25) is 9.58 Å². The normalized spacial score (nSPS) is 23.2. The van der Waals surface area contributed by atoms with Crippen molar-refractivity contribution in [1.82, 2.24) is 20.0 Å². The van der Waals surface area contributed by atoms with Gasteiger partial charge in [-0.25, -0.2) is 0 Å². The van der Waals surface area contributed by atoms with Crippen molar-refractivity contribution in [3.8, 4) is 0 Å². The van der Waals surface area contributed by atoms with Gasteiger partial charge in [0.15, 0.2) is 0 Å². The van der Waals surface area contributed by atoms with Crippen molar-refractivity contribution < 1.29 is 0 Å². The number of nitrogens with one attached hydrogen (secondary N) is 1. The van der Waals surface area contributed by atoms with Crippen LogP contribution in [0.4, 0.5) is 0 Å². The third-order valence-corrected chi connectivity index (χ3v) is 2.87. The summed E-state index contributed by atoms with van der Waals surface area (Å²) in [6.45, 7) is 9.72. The van der Waals surface area contributed by atoms with Crippen molar-refractivity contribution in [1.29, 1.82) is 0 Å². The zero-order chi connectivity index (χ0) is 10.7. The second kappa shape index (κ2) is 4.77. The van der Waals surface area contributed by atoms with Crippen molar-refractivity contribution in [2.75, 3.05) is 19.6 Å². The smallest absolute Gasteiger partial charge is 0.0534 e. The highest BCUT2D eigenvalue weighted by Gasteiger charge is 2.15. The highest BCUT2D eigenvalue weighted by Crippen LogP contribution is 2.06. The molecule has 1 atom stereocenters. The second-order valence-electron chi connectivity index (χ2n) is 4.29. The lowest BCUT2D eigenvalue weighted by Crippen LogP contribution is -2.48. The molecule has 0 aliphatic carbocycles. The maximum atomic E-state index is 4.29. The summed E-state index contributed by atoms with van der Waals surface area (Å²) in [5.74, 6) is 0. The first-order valence-corrected chi connectivity index (χ1v) is 5.75. The van der Waals surface area contributed by atoms with Crippen molar-refractivity contribution in [2.24, 2.45) is 0 Å². The summed E-state index contributed by atoms with van der Waals surface area (Å²) in [5, 5.41) is 7.75. The van der Waals surface area contributed by atoms with E-state index in [2.05, 4.69) is 35.4 Å². The van der Waals surface area contributed by atoms with E-state index in [1.54, 1.807) is 0 Å². The molecule has 0 amide bonds. The van der Waals surface area contributed by atoms with Crippen LogP contribution in [0.2, 0.25) is 0 Å². The topological polar surface area (TPSA) is 33.1 Å². The van der Waals surface area contributed by atoms with E-state index in [-0.39, 0.29) is 0 Å². The first kappa shape index (κ1) is 10.6. The zero-order valence-corrected chi connectivity index (χ0v) is 9.61. The fourth-order valence-corrected chi connectivity index (χ4v) is 2.07. The molecule has 4 heteroatoms. The molecule has 0 radical (unpaired) electrons. The molecule has 2 heterocycles. The second-order valence-corrected chi connectivity index (χ2v) is 4.29. The van der Waals surface area contributed by atoms with Crippen LogP contribution >= 0.6 is 0 Å². The Morgan fingerprint density at radius 2 is 2.47 bits per heavy atom. The van der Waals surface area contributed by atoms with Gasteiger partial charge < -0.3 is 5.32 Å². The van der Waals surface area contributed by atoms with Crippen LogP contribution < -0.4 is 5.32 Å². The summed E-state index contributed by atoms with van der Waals surface area (Å²) in [4.78, 5) is 2.48. The first-order chi connectivity index (χ1) is 7.28. The van der Waals surface area contributed by atoms with Crippen molar-refractivity contribution in [3.05, 3.63) is 18.0 Å². The molecule has 1 saturated heterocycles. The fourth-order valence-electron chi connectivity index (χ4n) is 2.07. The van der Waals surface area contributed by atoms with Crippen LogP contribution in [-0.4, -0.2) is 40.4 Å². The quantitative estimate of drug-likeness (QED) is 0.793. The lowest BCUT2D eigenvalue weighted by Gasteiger charge is -2.31. The van der Waals surface area contributed by atoms with Crippen molar-refractivity contribution in [2.45, 2.75) is 33.0 Å². The minimum absolute atomic E-state index is 0.611. The molecule has 84 valence electrons. The number of hydrogen-bond acceptors (Lipinski definition) is 3. The number of hydrogen-bond donors (Lipinski definition) is 1. The maximum Gasteiger partial charge on any atom is 0.0534 e. The summed E-state index contributed by atoms with van der Waals surface area (Å²) in [6, 6.07) is 0.611. The fraction of sp³-hybridized carbons (Fsp3) is 0.727. The van der Waals surface area contributed by atoms with Gasteiger partial charge in [0.05, 0.1) is 6.20 Å². The molecular formula is C11H20N4. The Bertz CT molecular complexity index is 307. The van der Waals surface area contributed by atoms with Crippen molar-refractivity contribution in [3.63, 3.8) is 0 Å². The van der Waals surface area contributed by atoms with Gasteiger partial charge >= 0.3 is 0 Å². The minimum Gasteiger partial charge on any atom is -0.312 e. The van der Waals surface area contributed by atoms with Gasteiger partial charge in [-0.05, 0) is 13.8 Å². The Morgan fingerprint density at radius 1 is 1.60 bits per heavy atom. The number of nitrogens with zero attached hydrogens (tertiary/aromatic N) is 3. The molecule has 15 heavy (non-hydrogen) atoms. The largest absolute Gasteiger partial charge is 0.312 e. The van der Waals surface area contributed by atoms with E-state index in [9.17, 15) is 0 Å². The zero-order valence-electron chi connectivity index (χ0n) is 9.61. The third kappa shape index (κ3) is 2.79. The van der Waals surface area contributed by atoms with E-state index in [0.717, 1.165) is 32.7 Å². The lowest BCUT2D eigenvalue weighted by molar-refractivity contribution is 0.199. The van der Waals surface area contributed by atoms with Gasteiger partial charge in [0.1, 0.15) is 0 Å². The Hall–Kier alpha value is -0.870. The van der Waals surface area contributed by atoms with Crippen molar-refractivity contribution >= 4 is 0 Å². The molecule has 1 fully saturated rings. The molecule has 0 bridgehead atoms. The van der Waals surface area contributed by atoms with E-state index in [0.29, 0.717) is 6.04 Å². The highest BCUT2D eigenvalue weighted by molar-refractivity contribution is 5.04. The van der Waals surface area contributed by atoms with E-state index in [1.165, 1.54) is 5.56 Å². The van der Waals surface area contributed by atoms with Crippen LogP contribution in [0.15, 0.2) is 12.4 Å². The third-order valence-electron chi connectivity index (χ3n) is 2.87. The summed E-state index contributed by atoms with van der Waals surface area (Å²) in [5.41, 5.74) is 1.32. The standard InChI is InChI=1S/C11H20N4/c1-3-15-9-11(6-13-15)8-14-5-4-12-10(2)7-14/h6,9-10,12H,3-5,7-8H2,1-2H3/t10-/m1/s1. The molecule has 2 rings (SSSR count). The van der Waals surface area contributed by atoms with E-state index >= 15 is 0 Å². The summed E-state index contributed by atoms with van der Waals surface area (Å²) >= 11 is 0. The molecule has 0 unspecified atom stereocenters. The Labute approximate surface area is 91.3 Å². The lowest BCUT2D eigenvalue weighted by atomic mass is 10.2. The Balaban J connectivity index is 1.90. The monoisotopic (exact) mass is 208 g/mol. The number of rotatable bonds is 3. The summed E-state index contributed by atoms with van der Waals surface area (Å²) in [6.07, 6.45) is 4.13. The summed E-state index contributed by atoms with van der Waals surface area (Å²) < 4.78 is 1.99. The van der Waals surface area contributed by atoms with Crippen LogP contribution in [0.3, 0.4) is 0 Å². The predicted octanol–water partition coefficient (Wildman–Crippen LogP) is 0.697. The predicted molar refractivity (Wildman–Crippen MR) is 60.6 cm³/mol. The first-order valence-electron chi connectivity index (χ1n) is 5.75. The molecule has 4 nitrogen and oxygen atoms in total. The highest BCUT2D eigenvalue weighted by atomic mass is 15.3. The van der Waals surface area contributed by atoms with Crippen LogP contribution in [0.1, 0.15) is 19.4 Å². The Morgan fingerprint density at radius 3 is 3.13 bits per heavy atom. The molecule has 0 saturated carbocycles. The SMILES string of the molecule is CCn1cc(CN2CCN[C@H](C)C2)cn1. The number of piperazine rings is 1. The molecule has 0 spiro atoms. The van der Waals surface area contributed by atoms with Gasteiger partial charge in [-0.15, -0.1) is 0 Å². The maximum absolute atomic E-state index is 4.29. The average Bonchev–Trinajstić information content (AvgIpc) is 2.65. The number of aryl methyl sites for hydroxylation is 1. The Kier molecular flexibility index (Phi) is 3.38. The van der Waals surface area contributed by atoms with Crippen LogP contribution in [-0.2, 0) is 13.1 Å². The molecule has 1 aliphatic rings. The van der Waals surface area contributed by atoms with Crippen LogP contribution in [0.5, 0.6) is 0 Å². The molecule has 1 N–H and O–H groups in total. The average molecular weight is 208 g/mol. The molecule has 1 aromatic heterocycles. The van der Waals surface area contributed by atoms with E-state index in [1.807, 2.05) is 10.9 Å². The minimum atomic E-state index is 0.611.